The molecule has 7 nitrogen and oxygen atoms in total. The number of para-hydroxylation sites is 2. The van der Waals surface area contributed by atoms with Crippen molar-refractivity contribution in [1.29, 1.82) is 0 Å². The van der Waals surface area contributed by atoms with Gasteiger partial charge in [0.1, 0.15) is 0 Å². The molecule has 1 aliphatic heterocycles. The Hall–Kier alpha value is -3.56. The zero-order valence-electron chi connectivity index (χ0n) is 22.4. The van der Waals surface area contributed by atoms with E-state index in [0.29, 0.717) is 23.1 Å². The number of rotatable bonds is 8. The Morgan fingerprint density at radius 2 is 1.62 bits per heavy atom. The first-order chi connectivity index (χ1) is 18.9. The lowest BCUT2D eigenvalue weighted by molar-refractivity contribution is -0.115. The first kappa shape index (κ1) is 27.0. The molecule has 0 radical (unpaired) electrons. The van der Waals surface area contributed by atoms with Crippen LogP contribution < -0.4 is 10.2 Å². The van der Waals surface area contributed by atoms with Crippen LogP contribution >= 0.6 is 23.5 Å². The normalized spacial score (nSPS) is 13.1. The predicted octanol–water partition coefficient (Wildman–Crippen LogP) is 6.66. The standard InChI is InChI=1S/C30H31N5O2S2/c1-5-34-28(27(19(2)3)31-29(37)21-12-10-11-20(4)17-21)32-33-30(34)38-18-26(36)35-22-13-6-8-15-24(22)39-25-16-9-7-14-23(25)35/h6-17,19,27H,5,18H2,1-4H3,(H,31,37)/t27-/m0/s1. The topological polar surface area (TPSA) is 80.1 Å². The van der Waals surface area contributed by atoms with Gasteiger partial charge in [0.25, 0.3) is 5.91 Å². The molecule has 3 aromatic carbocycles. The van der Waals surface area contributed by atoms with Gasteiger partial charge in [0.05, 0.1) is 23.2 Å². The highest BCUT2D eigenvalue weighted by atomic mass is 32.2. The molecule has 1 N–H and O–H groups in total. The fourth-order valence-electron chi connectivity index (χ4n) is 4.64. The summed E-state index contributed by atoms with van der Waals surface area (Å²) in [5.74, 6) is 0.807. The summed E-state index contributed by atoms with van der Waals surface area (Å²) in [5.41, 5.74) is 3.43. The van der Waals surface area contributed by atoms with Gasteiger partial charge in [0.15, 0.2) is 11.0 Å². The third-order valence-electron chi connectivity index (χ3n) is 6.58. The van der Waals surface area contributed by atoms with E-state index in [1.165, 1.54) is 11.8 Å². The van der Waals surface area contributed by atoms with Crippen molar-refractivity contribution in [3.63, 3.8) is 0 Å². The lowest BCUT2D eigenvalue weighted by Crippen LogP contribution is -2.34. The van der Waals surface area contributed by atoms with E-state index < -0.39 is 0 Å². The Morgan fingerprint density at radius 1 is 0.949 bits per heavy atom. The summed E-state index contributed by atoms with van der Waals surface area (Å²) in [6.07, 6.45) is 0. The number of benzene rings is 3. The quantitative estimate of drug-likeness (QED) is 0.244. The maximum Gasteiger partial charge on any atom is 0.251 e. The number of fused-ring (bicyclic) bond motifs is 2. The lowest BCUT2D eigenvalue weighted by atomic mass is 10.0. The molecule has 0 saturated heterocycles. The Morgan fingerprint density at radius 3 is 2.23 bits per heavy atom. The van der Waals surface area contributed by atoms with Crippen molar-refractivity contribution in [1.82, 2.24) is 20.1 Å². The minimum absolute atomic E-state index is 0.0273. The van der Waals surface area contributed by atoms with E-state index in [4.69, 9.17) is 0 Å². The summed E-state index contributed by atoms with van der Waals surface area (Å²) < 4.78 is 1.99. The summed E-state index contributed by atoms with van der Waals surface area (Å²) in [5, 5.41) is 12.7. The first-order valence-electron chi connectivity index (χ1n) is 13.0. The molecule has 0 unspecified atom stereocenters. The third-order valence-corrected chi connectivity index (χ3v) is 8.66. The number of anilines is 2. The van der Waals surface area contributed by atoms with Crippen molar-refractivity contribution in [2.75, 3.05) is 10.7 Å². The maximum atomic E-state index is 13.7. The molecule has 4 aromatic rings. The summed E-state index contributed by atoms with van der Waals surface area (Å²) in [6, 6.07) is 23.2. The van der Waals surface area contributed by atoms with Crippen LogP contribution in [0.2, 0.25) is 0 Å². The van der Waals surface area contributed by atoms with Crippen molar-refractivity contribution in [2.45, 2.75) is 55.2 Å². The monoisotopic (exact) mass is 557 g/mol. The fraction of sp³-hybridized carbons (Fsp3) is 0.267. The molecule has 1 aromatic heterocycles. The Labute approximate surface area is 237 Å². The molecule has 5 rings (SSSR count). The second kappa shape index (κ2) is 11.7. The van der Waals surface area contributed by atoms with E-state index in [1.54, 1.807) is 16.7 Å². The average Bonchev–Trinajstić information content (AvgIpc) is 3.35. The molecule has 0 spiro atoms. The Balaban J connectivity index is 1.36. The number of thioether (sulfide) groups is 1. The predicted molar refractivity (Wildman–Crippen MR) is 157 cm³/mol. The van der Waals surface area contributed by atoms with Crippen LogP contribution in [0.4, 0.5) is 11.4 Å². The lowest BCUT2D eigenvalue weighted by Gasteiger charge is -2.31. The summed E-state index contributed by atoms with van der Waals surface area (Å²) in [7, 11) is 0. The number of aromatic nitrogens is 3. The van der Waals surface area contributed by atoms with Gasteiger partial charge in [-0.05, 0) is 56.2 Å². The van der Waals surface area contributed by atoms with Crippen LogP contribution in [0.3, 0.4) is 0 Å². The molecular formula is C30H31N5O2S2. The van der Waals surface area contributed by atoms with Crippen LogP contribution in [0.25, 0.3) is 0 Å². The first-order valence-corrected chi connectivity index (χ1v) is 14.8. The van der Waals surface area contributed by atoms with E-state index >= 15 is 0 Å². The SMILES string of the molecule is CCn1c(SCC(=O)N2c3ccccc3Sc3ccccc32)nnc1[C@@H](NC(=O)c1cccc(C)c1)C(C)C. The molecule has 9 heteroatoms. The second-order valence-electron chi connectivity index (χ2n) is 9.70. The molecular weight excluding hydrogens is 526 g/mol. The van der Waals surface area contributed by atoms with Gasteiger partial charge in [-0.15, -0.1) is 10.2 Å². The van der Waals surface area contributed by atoms with Crippen molar-refractivity contribution in [3.8, 4) is 0 Å². The van der Waals surface area contributed by atoms with Crippen LogP contribution in [0.15, 0.2) is 87.7 Å². The van der Waals surface area contributed by atoms with Crippen molar-refractivity contribution < 1.29 is 9.59 Å². The van der Waals surface area contributed by atoms with Gasteiger partial charge in [-0.25, -0.2) is 0 Å². The van der Waals surface area contributed by atoms with Crippen LogP contribution in [-0.2, 0) is 11.3 Å². The zero-order chi connectivity index (χ0) is 27.5. The van der Waals surface area contributed by atoms with Gasteiger partial charge in [-0.1, -0.05) is 79.3 Å². The number of nitrogens with zero attached hydrogens (tertiary/aromatic N) is 4. The number of hydrogen-bond donors (Lipinski definition) is 1. The Bertz CT molecular complexity index is 1470. The van der Waals surface area contributed by atoms with E-state index in [-0.39, 0.29) is 29.5 Å². The minimum Gasteiger partial charge on any atom is -0.342 e. The Kier molecular flexibility index (Phi) is 8.09. The second-order valence-corrected chi connectivity index (χ2v) is 11.7. The molecule has 1 atom stereocenters. The van der Waals surface area contributed by atoms with Gasteiger partial charge in [0, 0.05) is 21.9 Å². The number of aryl methyl sites for hydroxylation is 1. The number of nitrogens with one attached hydrogen (secondary N) is 1. The van der Waals surface area contributed by atoms with E-state index in [1.807, 2.05) is 91.2 Å². The fourth-order valence-corrected chi connectivity index (χ4v) is 6.56. The molecule has 0 aliphatic carbocycles. The van der Waals surface area contributed by atoms with E-state index in [2.05, 4.69) is 29.4 Å². The van der Waals surface area contributed by atoms with Gasteiger partial charge in [0.2, 0.25) is 5.91 Å². The van der Waals surface area contributed by atoms with Crippen LogP contribution in [0, 0.1) is 12.8 Å². The van der Waals surface area contributed by atoms with E-state index in [0.717, 1.165) is 26.7 Å². The molecule has 2 amide bonds. The summed E-state index contributed by atoms with van der Waals surface area (Å²) in [4.78, 5) is 30.6. The van der Waals surface area contributed by atoms with Crippen molar-refractivity contribution in [3.05, 3.63) is 89.7 Å². The number of amides is 2. The molecule has 39 heavy (non-hydrogen) atoms. The molecule has 2 heterocycles. The zero-order valence-corrected chi connectivity index (χ0v) is 24.1. The van der Waals surface area contributed by atoms with Gasteiger partial charge >= 0.3 is 0 Å². The highest BCUT2D eigenvalue weighted by Crippen LogP contribution is 2.48. The molecule has 0 bridgehead atoms. The van der Waals surface area contributed by atoms with Crippen LogP contribution in [0.5, 0.6) is 0 Å². The van der Waals surface area contributed by atoms with E-state index in [9.17, 15) is 9.59 Å². The van der Waals surface area contributed by atoms with Gasteiger partial charge in [-0.2, -0.15) is 0 Å². The van der Waals surface area contributed by atoms with Crippen LogP contribution in [-0.4, -0.2) is 32.3 Å². The van der Waals surface area contributed by atoms with Crippen molar-refractivity contribution in [2.24, 2.45) is 5.92 Å². The summed E-state index contributed by atoms with van der Waals surface area (Å²) in [6.45, 7) is 8.71. The van der Waals surface area contributed by atoms with Gasteiger partial charge in [-0.3, -0.25) is 14.5 Å². The smallest absolute Gasteiger partial charge is 0.251 e. The highest BCUT2D eigenvalue weighted by Gasteiger charge is 2.30. The largest absolute Gasteiger partial charge is 0.342 e. The molecule has 0 fully saturated rings. The van der Waals surface area contributed by atoms with Gasteiger partial charge < -0.3 is 9.88 Å². The molecule has 1 aliphatic rings. The maximum absolute atomic E-state index is 13.7. The van der Waals surface area contributed by atoms with Crippen molar-refractivity contribution >= 4 is 46.7 Å². The third kappa shape index (κ3) is 5.60. The highest BCUT2D eigenvalue weighted by molar-refractivity contribution is 8.00. The number of hydrogen-bond acceptors (Lipinski definition) is 6. The average molecular weight is 558 g/mol. The number of carbonyl (C=O) groups excluding carboxylic acids is 2. The number of carbonyl (C=O) groups is 2. The minimum atomic E-state index is -0.326. The molecule has 0 saturated carbocycles. The van der Waals surface area contributed by atoms with Crippen LogP contribution in [0.1, 0.15) is 48.6 Å². The summed E-state index contributed by atoms with van der Waals surface area (Å²) >= 11 is 3.04. The molecule has 200 valence electrons.